The summed E-state index contributed by atoms with van der Waals surface area (Å²) in [5, 5.41) is 61.8. The van der Waals surface area contributed by atoms with Gasteiger partial charge in [-0.2, -0.15) is 10.2 Å². The topological polar surface area (TPSA) is 404 Å². The highest BCUT2D eigenvalue weighted by molar-refractivity contribution is 9.11. The molecule has 0 bridgehead atoms. The number of halogens is 4. The Morgan fingerprint density at radius 2 is 0.657 bits per heavy atom. The van der Waals surface area contributed by atoms with Crippen molar-refractivity contribution in [1.82, 2.24) is 130 Å². The van der Waals surface area contributed by atoms with Gasteiger partial charge in [0.25, 0.3) is 0 Å². The summed E-state index contributed by atoms with van der Waals surface area (Å²) in [6.45, 7) is 22.5. The van der Waals surface area contributed by atoms with Gasteiger partial charge in [-0.15, -0.1) is 20.4 Å². The lowest BCUT2D eigenvalue weighted by atomic mass is 10.1. The van der Waals surface area contributed by atoms with E-state index in [0.29, 0.717) is 69.1 Å². The Bertz CT molecular complexity index is 5060. The molecule has 0 aromatic carbocycles. The molecule has 544 valence electrons. The summed E-state index contributed by atoms with van der Waals surface area (Å²) in [5.74, 6) is 6.94. The van der Waals surface area contributed by atoms with Gasteiger partial charge < -0.3 is 39.4 Å². The molecule has 0 aliphatic rings. The zero-order valence-corrected chi connectivity index (χ0v) is 65.8. The molecule has 0 aliphatic carbocycles. The molecule has 0 spiro atoms. The number of nitrogens with one attached hydrogen (secondary N) is 4. The molecule has 0 aliphatic heterocycles. The van der Waals surface area contributed by atoms with Crippen LogP contribution in [0.1, 0.15) is 68.6 Å². The Morgan fingerprint density at radius 1 is 0.324 bits per heavy atom. The highest BCUT2D eigenvalue weighted by Crippen LogP contribution is 2.35. The Morgan fingerprint density at radius 3 is 0.954 bits per heavy atom. The van der Waals surface area contributed by atoms with Crippen LogP contribution in [0.2, 0.25) is 0 Å². The molecule has 0 amide bonds. The van der Waals surface area contributed by atoms with Gasteiger partial charge >= 0.3 is 0 Å². The van der Waals surface area contributed by atoms with Gasteiger partial charge in [0.15, 0.2) is 34.9 Å². The van der Waals surface area contributed by atoms with E-state index in [4.69, 9.17) is 23.1 Å². The van der Waals surface area contributed by atoms with Crippen LogP contribution in [-0.4, -0.2) is 130 Å². The van der Waals surface area contributed by atoms with Crippen LogP contribution >= 0.6 is 63.7 Å². The van der Waals surface area contributed by atoms with Gasteiger partial charge in [-0.3, -0.25) is 19.1 Å². The molecule has 108 heavy (non-hydrogen) atoms. The third kappa shape index (κ3) is 16.6. The first-order valence-electron chi connectivity index (χ1n) is 32.6. The average molecular weight is 1710 g/mol. The van der Waals surface area contributed by atoms with Gasteiger partial charge in [0.2, 0.25) is 0 Å². The predicted molar refractivity (Wildman–Crippen MR) is 412 cm³/mol. The first-order valence-corrected chi connectivity index (χ1v) is 35.8. The smallest absolute Gasteiger partial charge is 0.169 e. The van der Waals surface area contributed by atoms with Gasteiger partial charge in [-0.25, -0.2) is 49.2 Å². The summed E-state index contributed by atoms with van der Waals surface area (Å²) in [5.41, 5.74) is 17.3. The fourth-order valence-electron chi connectivity index (χ4n) is 10.9. The number of hydrogen-bond acceptors (Lipinski definition) is 30. The van der Waals surface area contributed by atoms with Gasteiger partial charge in [0, 0.05) is 24.8 Å². The Hall–Kier alpha value is -12.4. The molecule has 0 saturated carbocycles. The van der Waals surface area contributed by atoms with E-state index in [2.05, 4.69) is 191 Å². The van der Waals surface area contributed by atoms with Gasteiger partial charge in [-0.05, 0) is 183 Å². The maximum absolute atomic E-state index is 5.24. The normalized spacial score (nSPS) is 11.0. The number of hydrogen-bond donors (Lipinski definition) is 4. The second-order valence-corrected chi connectivity index (χ2v) is 27.3. The van der Waals surface area contributed by atoms with Crippen molar-refractivity contribution in [3.05, 3.63) is 222 Å². The van der Waals surface area contributed by atoms with Crippen LogP contribution in [0.3, 0.4) is 0 Å². The largest absolute Gasteiger partial charge is 0.361 e. The van der Waals surface area contributed by atoms with Crippen LogP contribution in [0, 0.1) is 83.1 Å². The molecule has 38 heteroatoms. The first kappa shape index (κ1) is 73.9. The highest BCUT2D eigenvalue weighted by atomic mass is 79.9. The summed E-state index contributed by atoms with van der Waals surface area (Å²) < 4.78 is 31.0. The van der Waals surface area contributed by atoms with Crippen molar-refractivity contribution >= 4 is 109 Å². The molecule has 4 N–H and O–H groups in total. The number of imidazole rings is 2. The van der Waals surface area contributed by atoms with E-state index < -0.39 is 0 Å². The standard InChI is InChI=1S/2C18H16BrN7O.2C17H15BrN8O/c1-10-15(7-16(24-23-10)17-11(2)25-27-12(17)3)22-13-6-14(19)18(21-8-13)26-5-4-20-9-26;1-10-16(12(3)27-25-10)15-8-21-11(2)17(24-15)23-13-6-14(19)18(22-7-13)26-5-4-20-9-26;1-9-14(7-15(23-22-9)16-10(2)24-27-11(16)3)21-12-6-13(18)17(19-8-12)26-5-4-20-25-26;1-9-15(11(3)27-24-9)14-8-19-10(2)16(23-14)22-12-6-13(18)17(20-7-12)26-5-4-21-25-26/h4-9H,1-3H3,(H,22,24);4-9H,1-3H3,(H,23,24);4-8H,1-3H3,(H,21,23);4-8H,1-3H3,(H,22,23). The minimum atomic E-state index is 0.634. The Balaban J connectivity index is 0.000000127. The molecule has 0 atom stereocenters. The lowest BCUT2D eigenvalue weighted by Crippen LogP contribution is -2.03. The fourth-order valence-corrected chi connectivity index (χ4v) is 13.1. The maximum Gasteiger partial charge on any atom is 0.169 e. The molecule has 0 saturated heterocycles. The fraction of sp³-hybridized carbons (Fsp3) is 0.171. The summed E-state index contributed by atoms with van der Waals surface area (Å²) >= 11 is 14.2. The number of rotatable bonds is 16. The average Bonchev–Trinajstić information content (AvgIpc) is 1.54. The quantitative estimate of drug-likeness (QED) is 0.0698. The maximum atomic E-state index is 5.24. The molecular weight excluding hydrogens is 1640 g/mol. The van der Waals surface area contributed by atoms with Crippen molar-refractivity contribution in [2.75, 3.05) is 21.3 Å². The van der Waals surface area contributed by atoms with Crippen LogP contribution in [0.5, 0.6) is 0 Å². The van der Waals surface area contributed by atoms with Crippen LogP contribution in [0.25, 0.3) is 68.3 Å². The second-order valence-electron chi connectivity index (χ2n) is 23.9. The second kappa shape index (κ2) is 32.5. The molecule has 16 heterocycles. The third-order valence-corrected chi connectivity index (χ3v) is 18.5. The summed E-state index contributed by atoms with van der Waals surface area (Å²) in [4.78, 5) is 44.2. The monoisotopic (exact) mass is 1700 g/mol. The van der Waals surface area contributed by atoms with Crippen LogP contribution in [-0.2, 0) is 0 Å². The van der Waals surface area contributed by atoms with E-state index in [1.165, 1.54) is 0 Å². The van der Waals surface area contributed by atoms with E-state index in [0.717, 1.165) is 131 Å². The highest BCUT2D eigenvalue weighted by Gasteiger charge is 2.22. The number of aryl methyl sites for hydroxylation is 12. The van der Waals surface area contributed by atoms with E-state index in [1.807, 2.05) is 141 Å². The van der Waals surface area contributed by atoms with E-state index in [9.17, 15) is 0 Å². The van der Waals surface area contributed by atoms with E-state index in [1.54, 1.807) is 96.4 Å². The minimum absolute atomic E-state index is 0.634. The van der Waals surface area contributed by atoms with Gasteiger partial charge in [-0.1, -0.05) is 31.1 Å². The van der Waals surface area contributed by atoms with Crippen molar-refractivity contribution in [1.29, 1.82) is 0 Å². The summed E-state index contributed by atoms with van der Waals surface area (Å²) in [7, 11) is 0. The number of anilines is 8. The van der Waals surface area contributed by atoms with Crippen LogP contribution < -0.4 is 21.3 Å². The van der Waals surface area contributed by atoms with E-state index in [-0.39, 0.29) is 0 Å². The number of pyridine rings is 4. The molecule has 34 nitrogen and oxygen atoms in total. The van der Waals surface area contributed by atoms with Gasteiger partial charge in [0.1, 0.15) is 47.1 Å². The van der Waals surface area contributed by atoms with Crippen LogP contribution in [0.15, 0.2) is 172 Å². The molecule has 16 aromatic rings. The lowest BCUT2D eigenvalue weighted by molar-refractivity contribution is 0.393. The van der Waals surface area contributed by atoms with Gasteiger partial charge in [0.05, 0.1) is 193 Å². The molecular formula is C70H62Br4N30O4. The van der Waals surface area contributed by atoms with Crippen LogP contribution in [0.4, 0.5) is 45.8 Å². The molecule has 16 rings (SSSR count). The molecule has 0 unspecified atom stereocenters. The zero-order chi connectivity index (χ0) is 75.9. The number of nitrogens with zero attached hydrogens (tertiary/aromatic N) is 26. The molecule has 0 radical (unpaired) electrons. The Kier molecular flexibility index (Phi) is 22.2. The zero-order valence-electron chi connectivity index (χ0n) is 59.5. The van der Waals surface area contributed by atoms with Crippen molar-refractivity contribution in [3.8, 4) is 68.3 Å². The van der Waals surface area contributed by atoms with Crippen molar-refractivity contribution < 1.29 is 18.1 Å². The SMILES string of the molecule is Cc1ncc(-c2c(C)noc2C)nc1Nc1cnc(-n2ccnc2)c(Br)c1.Cc1ncc(-c2c(C)noc2C)nc1Nc1cnc(-n2ccnn2)c(Br)c1.Cc1nnc(-c2c(C)noc2C)cc1Nc1cnc(-n2ccnc2)c(Br)c1.Cc1nnc(-c2c(C)noc2C)cc1Nc1cnc(-n2ccnn2)c(Br)c1. The minimum Gasteiger partial charge on any atom is -0.361 e. The number of aromatic nitrogens is 26. The van der Waals surface area contributed by atoms with Crippen molar-refractivity contribution in [2.45, 2.75) is 83.1 Å². The van der Waals surface area contributed by atoms with Crippen molar-refractivity contribution in [3.63, 3.8) is 0 Å². The molecule has 0 fully saturated rings. The predicted octanol–water partition coefficient (Wildman–Crippen LogP) is 15.4. The lowest BCUT2D eigenvalue weighted by Gasteiger charge is -2.12. The first-order chi connectivity index (χ1) is 52.1. The van der Waals surface area contributed by atoms with Crippen molar-refractivity contribution in [2.24, 2.45) is 0 Å². The summed E-state index contributed by atoms with van der Waals surface area (Å²) in [6, 6.07) is 11.6. The van der Waals surface area contributed by atoms with E-state index >= 15 is 0 Å². The molecule has 16 aromatic heterocycles. The third-order valence-electron chi connectivity index (χ3n) is 16.2. The Labute approximate surface area is 648 Å². The summed E-state index contributed by atoms with van der Waals surface area (Å²) in [6.07, 6.45) is 27.5.